The minimum Gasteiger partial charge on any atom is -0.507 e. The maximum atomic E-state index is 11.7. The molecule has 2 heteroatoms. The predicted octanol–water partition coefficient (Wildman–Crippen LogP) is 8.10. The topological polar surface area (TPSA) is 20.2 Å². The third-order valence-electron chi connectivity index (χ3n) is 7.31. The molecule has 0 aliphatic heterocycles. The normalized spacial score (nSPS) is 12.5. The van der Waals surface area contributed by atoms with Crippen LogP contribution in [0, 0.1) is 13.8 Å². The number of benzene rings is 4. The van der Waals surface area contributed by atoms with Gasteiger partial charge in [-0.05, 0) is 66.6 Å². The van der Waals surface area contributed by atoms with Crippen LogP contribution in [-0.2, 0) is 17.0 Å². The highest BCUT2D eigenvalue weighted by Crippen LogP contribution is 2.60. The summed E-state index contributed by atoms with van der Waals surface area (Å²) in [6.45, 7) is 17.8. The van der Waals surface area contributed by atoms with Gasteiger partial charge in [0.1, 0.15) is 35.1 Å². The van der Waals surface area contributed by atoms with Crippen molar-refractivity contribution in [2.45, 2.75) is 72.4 Å². The summed E-state index contributed by atoms with van der Waals surface area (Å²) in [5.41, 5.74) is 5.73. The van der Waals surface area contributed by atoms with Gasteiger partial charge in [0.15, 0.2) is 0 Å². The Morgan fingerprint density at radius 3 is 1.57 bits per heavy atom. The predicted molar refractivity (Wildman–Crippen MR) is 164 cm³/mol. The van der Waals surface area contributed by atoms with Crippen LogP contribution in [0.2, 0.25) is 0 Å². The van der Waals surface area contributed by atoms with Gasteiger partial charge < -0.3 is 5.11 Å². The zero-order valence-electron chi connectivity index (χ0n) is 23.8. The van der Waals surface area contributed by atoms with E-state index in [9.17, 15) is 5.11 Å². The second kappa shape index (κ2) is 10.1. The van der Waals surface area contributed by atoms with Crippen molar-refractivity contribution < 1.29 is 5.11 Å². The smallest absolute Gasteiger partial charge is 0.126 e. The lowest BCUT2D eigenvalue weighted by Crippen LogP contribution is -2.37. The molecule has 0 amide bonds. The van der Waals surface area contributed by atoms with Crippen LogP contribution in [0.5, 0.6) is 5.75 Å². The molecule has 0 aliphatic carbocycles. The maximum Gasteiger partial charge on any atom is 0.126 e. The third kappa shape index (κ3) is 5.39. The second-order valence-corrected chi connectivity index (χ2v) is 15.9. The SMILES string of the molecule is Cc1ccc([P+](Cc2cc(C)cc(C(C)(C)C)c2O)(c2ccccc2)c2ccccc2)c(C(C)(C)C)c1. The number of phenols is 1. The van der Waals surface area contributed by atoms with Gasteiger partial charge in [0.25, 0.3) is 0 Å². The van der Waals surface area contributed by atoms with E-state index in [0.29, 0.717) is 5.75 Å². The van der Waals surface area contributed by atoms with Gasteiger partial charge in [-0.1, -0.05) is 107 Å². The van der Waals surface area contributed by atoms with Gasteiger partial charge >= 0.3 is 0 Å². The average Bonchev–Trinajstić information content (AvgIpc) is 2.84. The third-order valence-corrected chi connectivity index (χ3v) is 11.7. The fraction of sp³-hybridized carbons (Fsp3) is 0.314. The number of rotatable bonds is 5. The van der Waals surface area contributed by atoms with Crippen molar-refractivity contribution in [1.29, 1.82) is 0 Å². The molecule has 4 aromatic rings. The zero-order chi connectivity index (χ0) is 27.0. The largest absolute Gasteiger partial charge is 0.507 e. The summed E-state index contributed by atoms with van der Waals surface area (Å²) < 4.78 is 0. The van der Waals surface area contributed by atoms with E-state index >= 15 is 0 Å². The van der Waals surface area contributed by atoms with Crippen molar-refractivity contribution in [2.24, 2.45) is 0 Å². The molecule has 0 unspecified atom stereocenters. The minimum absolute atomic E-state index is 0.0264. The van der Waals surface area contributed by atoms with E-state index in [1.807, 2.05) is 0 Å². The van der Waals surface area contributed by atoms with Crippen molar-refractivity contribution in [3.05, 3.63) is 119 Å². The molecule has 0 radical (unpaired) electrons. The fourth-order valence-electron chi connectivity index (χ4n) is 5.45. The van der Waals surface area contributed by atoms with Crippen molar-refractivity contribution >= 4 is 23.2 Å². The Labute approximate surface area is 224 Å². The second-order valence-electron chi connectivity index (χ2n) is 12.5. The van der Waals surface area contributed by atoms with E-state index in [1.54, 1.807) is 0 Å². The van der Waals surface area contributed by atoms with Gasteiger partial charge in [-0.15, -0.1) is 0 Å². The highest BCUT2D eigenvalue weighted by Gasteiger charge is 2.49. The molecule has 0 aromatic heterocycles. The molecule has 192 valence electrons. The molecule has 0 bridgehead atoms. The van der Waals surface area contributed by atoms with Gasteiger partial charge in [-0.2, -0.15) is 0 Å². The molecule has 4 rings (SSSR count). The van der Waals surface area contributed by atoms with Crippen LogP contribution in [0.15, 0.2) is 91.0 Å². The van der Waals surface area contributed by atoms with Gasteiger partial charge in [-0.3, -0.25) is 0 Å². The molecule has 0 atom stereocenters. The Balaban J connectivity index is 2.15. The van der Waals surface area contributed by atoms with E-state index in [2.05, 4.69) is 146 Å². The van der Waals surface area contributed by atoms with Crippen molar-refractivity contribution in [1.82, 2.24) is 0 Å². The summed E-state index contributed by atoms with van der Waals surface area (Å²) in [6.07, 6.45) is 0.768. The summed E-state index contributed by atoms with van der Waals surface area (Å²) in [4.78, 5) is 0. The van der Waals surface area contributed by atoms with Gasteiger partial charge in [0, 0.05) is 11.1 Å². The molecule has 0 heterocycles. The monoisotopic (exact) mass is 509 g/mol. The van der Waals surface area contributed by atoms with Crippen LogP contribution in [0.1, 0.15) is 69.4 Å². The Hall–Kier alpha value is -2.89. The highest BCUT2D eigenvalue weighted by atomic mass is 31.2. The average molecular weight is 510 g/mol. The summed E-state index contributed by atoms with van der Waals surface area (Å²) in [6, 6.07) is 33.4. The molecular weight excluding hydrogens is 467 g/mol. The molecule has 1 N–H and O–H groups in total. The number of hydrogen-bond donors (Lipinski definition) is 1. The first-order valence-corrected chi connectivity index (χ1v) is 15.3. The summed E-state index contributed by atoms with van der Waals surface area (Å²) in [7, 11) is -2.21. The summed E-state index contributed by atoms with van der Waals surface area (Å²) >= 11 is 0. The molecule has 0 fully saturated rings. The molecular formula is C35H42OP+. The maximum absolute atomic E-state index is 11.7. The Morgan fingerprint density at radius 1 is 0.595 bits per heavy atom. The molecule has 1 nitrogen and oxygen atoms in total. The molecule has 37 heavy (non-hydrogen) atoms. The van der Waals surface area contributed by atoms with Gasteiger partial charge in [0.2, 0.25) is 0 Å². The standard InChI is InChI=1S/C35H41OP/c1-25-19-20-32(30(22-25)34(3,4)5)37(28-15-11-9-12-16-28,29-17-13-10-14-18-29)24-27-21-26(2)23-31(33(27)36)35(6,7)8/h9-23H,24H2,1-8H3/p+1. The van der Waals surface area contributed by atoms with Crippen LogP contribution in [-0.4, -0.2) is 5.11 Å². The van der Waals surface area contributed by atoms with Crippen molar-refractivity contribution in [3.63, 3.8) is 0 Å². The van der Waals surface area contributed by atoms with Crippen molar-refractivity contribution in [3.8, 4) is 5.75 Å². The number of aromatic hydroxyl groups is 1. The van der Waals surface area contributed by atoms with Crippen LogP contribution >= 0.6 is 7.26 Å². The van der Waals surface area contributed by atoms with E-state index in [4.69, 9.17) is 0 Å². The van der Waals surface area contributed by atoms with E-state index in [0.717, 1.165) is 17.3 Å². The van der Waals surface area contributed by atoms with Crippen LogP contribution in [0.4, 0.5) is 0 Å². The van der Waals surface area contributed by atoms with Crippen LogP contribution < -0.4 is 15.9 Å². The van der Waals surface area contributed by atoms with Gasteiger partial charge in [-0.25, -0.2) is 0 Å². The minimum atomic E-state index is -2.21. The number of hydrogen-bond acceptors (Lipinski definition) is 1. The number of aryl methyl sites for hydroxylation is 2. The van der Waals surface area contributed by atoms with E-state index < -0.39 is 7.26 Å². The Kier molecular flexibility index (Phi) is 7.42. The van der Waals surface area contributed by atoms with Crippen molar-refractivity contribution in [2.75, 3.05) is 0 Å². The van der Waals surface area contributed by atoms with E-state index in [-0.39, 0.29) is 10.8 Å². The first-order valence-electron chi connectivity index (χ1n) is 13.3. The molecule has 0 saturated heterocycles. The molecule has 0 spiro atoms. The summed E-state index contributed by atoms with van der Waals surface area (Å²) in [5.74, 6) is 0.443. The lowest BCUT2D eigenvalue weighted by atomic mass is 9.84. The molecule has 0 saturated carbocycles. The van der Waals surface area contributed by atoms with Crippen LogP contribution in [0.3, 0.4) is 0 Å². The zero-order valence-corrected chi connectivity index (χ0v) is 24.7. The first kappa shape index (κ1) is 27.2. The van der Waals surface area contributed by atoms with Crippen LogP contribution in [0.25, 0.3) is 0 Å². The first-order chi connectivity index (χ1) is 17.3. The lowest BCUT2D eigenvalue weighted by molar-refractivity contribution is 0.442. The Bertz CT molecular complexity index is 1330. The highest BCUT2D eigenvalue weighted by molar-refractivity contribution is 7.95. The fourth-order valence-corrected chi connectivity index (χ4v) is 10.1. The quantitative estimate of drug-likeness (QED) is 0.270. The molecule has 4 aromatic carbocycles. The number of phenolic OH excluding ortho intramolecular Hbond substituents is 1. The van der Waals surface area contributed by atoms with E-state index in [1.165, 1.54) is 32.6 Å². The van der Waals surface area contributed by atoms with Gasteiger partial charge in [0.05, 0.1) is 0 Å². The lowest BCUT2D eigenvalue weighted by Gasteiger charge is -2.33. The summed E-state index contributed by atoms with van der Waals surface area (Å²) in [5, 5.41) is 15.8. The Morgan fingerprint density at radius 2 is 1.08 bits per heavy atom. The molecule has 0 aliphatic rings.